The van der Waals surface area contributed by atoms with Gasteiger partial charge in [-0.25, -0.2) is 9.78 Å². The van der Waals surface area contributed by atoms with Gasteiger partial charge in [-0.2, -0.15) is 0 Å². The Bertz CT molecular complexity index is 1070. The van der Waals surface area contributed by atoms with E-state index < -0.39 is 17.5 Å². The lowest BCUT2D eigenvalue weighted by Gasteiger charge is -2.34. The molecule has 0 atom stereocenters. The van der Waals surface area contributed by atoms with Crippen LogP contribution >= 0.6 is 11.3 Å². The number of hydrogen-bond donors (Lipinski definition) is 3. The Morgan fingerprint density at radius 2 is 2.06 bits per heavy atom. The first-order chi connectivity index (χ1) is 15.8. The van der Waals surface area contributed by atoms with Crippen LogP contribution in [0.15, 0.2) is 21.9 Å². The average Bonchev–Trinajstić information content (AvgIpc) is 3.49. The molecular formula is C22H27N5O5S. The number of hydrogen-bond acceptors (Lipinski definition) is 7. The molecule has 2 fully saturated rings. The van der Waals surface area contributed by atoms with E-state index in [-0.39, 0.29) is 24.9 Å². The Labute approximate surface area is 195 Å². The van der Waals surface area contributed by atoms with Crippen LogP contribution in [0.1, 0.15) is 51.7 Å². The first-order valence-electron chi connectivity index (χ1n) is 11.0. The summed E-state index contributed by atoms with van der Waals surface area (Å²) >= 11 is 1.21. The summed E-state index contributed by atoms with van der Waals surface area (Å²) in [5.74, 6) is 0.692. The monoisotopic (exact) mass is 473 g/mol. The molecule has 11 heteroatoms. The second-order valence-corrected chi connectivity index (χ2v) is 9.38. The van der Waals surface area contributed by atoms with Crippen LogP contribution in [0.3, 0.4) is 0 Å². The van der Waals surface area contributed by atoms with Crippen molar-refractivity contribution in [2.24, 2.45) is 5.92 Å². The lowest BCUT2D eigenvalue weighted by Crippen LogP contribution is -2.49. The predicted octanol–water partition coefficient (Wildman–Crippen LogP) is 2.87. The molecule has 1 aliphatic heterocycles. The third-order valence-corrected chi connectivity index (χ3v) is 7.02. The number of anilines is 1. The molecule has 3 N–H and O–H groups in total. The molecule has 1 saturated carbocycles. The number of thiazole rings is 1. The van der Waals surface area contributed by atoms with Crippen molar-refractivity contribution in [3.63, 3.8) is 0 Å². The molecule has 4 rings (SSSR count). The van der Waals surface area contributed by atoms with Gasteiger partial charge in [-0.05, 0) is 43.7 Å². The highest BCUT2D eigenvalue weighted by atomic mass is 32.1. The number of carbonyl (C=O) groups is 4. The Hall–Kier alpha value is -3.21. The number of amides is 5. The van der Waals surface area contributed by atoms with Crippen molar-refractivity contribution >= 4 is 40.2 Å². The molecular weight excluding hydrogens is 446 g/mol. The van der Waals surface area contributed by atoms with Crippen LogP contribution in [-0.2, 0) is 20.9 Å². The minimum absolute atomic E-state index is 0.156. The highest BCUT2D eigenvalue weighted by Crippen LogP contribution is 2.37. The van der Waals surface area contributed by atoms with Gasteiger partial charge in [0.05, 0.1) is 6.54 Å². The molecule has 176 valence electrons. The number of furan rings is 1. The van der Waals surface area contributed by atoms with Gasteiger partial charge in [0, 0.05) is 12.3 Å². The van der Waals surface area contributed by atoms with Crippen molar-refractivity contribution in [1.29, 1.82) is 0 Å². The van der Waals surface area contributed by atoms with Crippen LogP contribution in [0.4, 0.5) is 9.93 Å². The maximum atomic E-state index is 13.0. The van der Waals surface area contributed by atoms with Crippen LogP contribution in [0.2, 0.25) is 0 Å². The molecule has 0 bridgehead atoms. The van der Waals surface area contributed by atoms with Gasteiger partial charge in [0.25, 0.3) is 5.91 Å². The van der Waals surface area contributed by atoms with E-state index in [1.54, 1.807) is 17.5 Å². The fraction of sp³-hybridized carbons (Fsp3) is 0.500. The Morgan fingerprint density at radius 1 is 1.30 bits per heavy atom. The maximum Gasteiger partial charge on any atom is 0.325 e. The smallest absolute Gasteiger partial charge is 0.325 e. The summed E-state index contributed by atoms with van der Waals surface area (Å²) in [5.41, 5.74) is -0.336. The maximum absolute atomic E-state index is 13.0. The van der Waals surface area contributed by atoms with Gasteiger partial charge in [0.15, 0.2) is 10.9 Å². The van der Waals surface area contributed by atoms with E-state index in [0.29, 0.717) is 41.1 Å². The van der Waals surface area contributed by atoms with E-state index in [9.17, 15) is 19.2 Å². The number of nitrogens with one attached hydrogen (secondary N) is 3. The van der Waals surface area contributed by atoms with Gasteiger partial charge in [0.2, 0.25) is 11.8 Å². The fourth-order valence-corrected chi connectivity index (χ4v) is 5.02. The lowest BCUT2D eigenvalue weighted by molar-refractivity contribution is -0.135. The number of rotatable bonds is 7. The van der Waals surface area contributed by atoms with Gasteiger partial charge in [0.1, 0.15) is 23.5 Å². The van der Waals surface area contributed by atoms with Crippen molar-refractivity contribution < 1.29 is 23.6 Å². The summed E-state index contributed by atoms with van der Waals surface area (Å²) in [6.07, 6.45) is 4.07. The Morgan fingerprint density at radius 3 is 2.76 bits per heavy atom. The Balaban J connectivity index is 1.34. The van der Waals surface area contributed by atoms with Crippen molar-refractivity contribution in [2.45, 2.75) is 58.0 Å². The standard InChI is InChI=1S/C22H27N5O5S/c1-3-14-6-8-22(9-7-14)19(30)27(21(31)26-22)11-18(29)25-20-24-16(12-33-20)17-5-4-15(32-17)10-23-13(2)28/h4-5,12,14H,3,6-11H2,1-2H3,(H,23,28)(H,26,31)(H,24,25,29). The van der Waals surface area contributed by atoms with Gasteiger partial charge >= 0.3 is 6.03 Å². The zero-order valence-corrected chi connectivity index (χ0v) is 19.4. The third-order valence-electron chi connectivity index (χ3n) is 6.26. The molecule has 0 radical (unpaired) electrons. The molecule has 33 heavy (non-hydrogen) atoms. The van der Waals surface area contributed by atoms with E-state index in [1.165, 1.54) is 18.3 Å². The first kappa shape index (κ1) is 23.0. The minimum Gasteiger partial charge on any atom is -0.458 e. The SMILES string of the molecule is CCC1CCC2(CC1)NC(=O)N(CC(=O)Nc1nc(-c3ccc(CNC(C)=O)o3)cs1)C2=O. The van der Waals surface area contributed by atoms with Gasteiger partial charge in [-0.15, -0.1) is 11.3 Å². The van der Waals surface area contributed by atoms with E-state index in [2.05, 4.69) is 27.9 Å². The summed E-state index contributed by atoms with van der Waals surface area (Å²) in [7, 11) is 0. The molecule has 2 aromatic rings. The van der Waals surface area contributed by atoms with E-state index in [4.69, 9.17) is 4.42 Å². The van der Waals surface area contributed by atoms with Gasteiger partial charge in [-0.1, -0.05) is 13.3 Å². The van der Waals surface area contributed by atoms with E-state index >= 15 is 0 Å². The zero-order valence-electron chi connectivity index (χ0n) is 18.6. The summed E-state index contributed by atoms with van der Waals surface area (Å²) in [5, 5.41) is 10.2. The predicted molar refractivity (Wildman–Crippen MR) is 121 cm³/mol. The minimum atomic E-state index is -0.869. The van der Waals surface area contributed by atoms with Crippen LogP contribution in [0.5, 0.6) is 0 Å². The molecule has 1 saturated heterocycles. The Kier molecular flexibility index (Phi) is 6.50. The molecule has 3 heterocycles. The highest BCUT2D eigenvalue weighted by Gasteiger charge is 2.52. The molecule has 0 unspecified atom stereocenters. The summed E-state index contributed by atoms with van der Waals surface area (Å²) in [4.78, 5) is 54.3. The summed E-state index contributed by atoms with van der Waals surface area (Å²) in [6, 6.07) is 2.95. The average molecular weight is 474 g/mol. The fourth-order valence-electron chi connectivity index (χ4n) is 4.31. The zero-order chi connectivity index (χ0) is 23.6. The summed E-state index contributed by atoms with van der Waals surface area (Å²) in [6.45, 7) is 3.47. The normalized spacial score (nSPS) is 22.5. The quantitative estimate of drug-likeness (QED) is 0.530. The van der Waals surface area contributed by atoms with Gasteiger partial charge < -0.3 is 20.4 Å². The van der Waals surface area contributed by atoms with Crippen LogP contribution < -0.4 is 16.0 Å². The lowest BCUT2D eigenvalue weighted by atomic mass is 9.75. The molecule has 5 amide bonds. The van der Waals surface area contributed by atoms with Crippen molar-refractivity contribution in [3.05, 3.63) is 23.3 Å². The second kappa shape index (κ2) is 9.34. The second-order valence-electron chi connectivity index (χ2n) is 8.52. The van der Waals surface area contributed by atoms with Gasteiger partial charge in [-0.3, -0.25) is 19.3 Å². The van der Waals surface area contributed by atoms with Crippen LogP contribution in [-0.4, -0.2) is 45.7 Å². The van der Waals surface area contributed by atoms with Crippen molar-refractivity contribution in [3.8, 4) is 11.5 Å². The third kappa shape index (κ3) is 4.92. The number of aromatic nitrogens is 1. The van der Waals surface area contributed by atoms with E-state index in [0.717, 1.165) is 24.2 Å². The van der Waals surface area contributed by atoms with Crippen LogP contribution in [0, 0.1) is 5.92 Å². The molecule has 1 spiro atoms. The number of carbonyl (C=O) groups excluding carboxylic acids is 4. The number of nitrogens with zero attached hydrogens (tertiary/aromatic N) is 2. The first-order valence-corrected chi connectivity index (χ1v) is 11.9. The number of imide groups is 1. The largest absolute Gasteiger partial charge is 0.458 e. The highest BCUT2D eigenvalue weighted by molar-refractivity contribution is 7.14. The van der Waals surface area contributed by atoms with Crippen LogP contribution in [0.25, 0.3) is 11.5 Å². The number of urea groups is 1. The topological polar surface area (TPSA) is 134 Å². The molecule has 0 aromatic carbocycles. The van der Waals surface area contributed by atoms with Crippen molar-refractivity contribution in [2.75, 3.05) is 11.9 Å². The molecule has 2 aromatic heterocycles. The molecule has 1 aliphatic carbocycles. The van der Waals surface area contributed by atoms with Crippen molar-refractivity contribution in [1.82, 2.24) is 20.5 Å². The molecule has 2 aliphatic rings. The van der Waals surface area contributed by atoms with E-state index in [1.807, 2.05) is 0 Å². The summed E-state index contributed by atoms with van der Waals surface area (Å²) < 4.78 is 5.66. The molecule has 10 nitrogen and oxygen atoms in total.